The molecule has 0 radical (unpaired) electrons. The van der Waals surface area contributed by atoms with Crippen LogP contribution in [-0.2, 0) is 28.5 Å². The number of ether oxygens (including phenoxy) is 1. The first-order valence-corrected chi connectivity index (χ1v) is 15.6. The Bertz CT molecular complexity index is 1950. The maximum Gasteiger partial charge on any atom is 0.323 e. The van der Waals surface area contributed by atoms with Crippen molar-refractivity contribution in [3.05, 3.63) is 177 Å². The smallest absolute Gasteiger partial charge is 0.323 e. The van der Waals surface area contributed by atoms with E-state index in [1.807, 2.05) is 106 Å². The number of methoxy groups -OCH3 is 1. The summed E-state index contributed by atoms with van der Waals surface area (Å²) in [5, 5.41) is 5.78. The number of nitrogens with one attached hydrogen (secondary N) is 1. The van der Waals surface area contributed by atoms with Crippen LogP contribution in [0, 0.1) is 13.8 Å². The highest BCUT2D eigenvalue weighted by Gasteiger charge is 2.40. The SMILES string of the molecule is COC(=O)[C@H](Cc1ccc(-c2c(C)cc(C)n(C)c2=O)c2ccccc12)NC(c1ccccc1)(c1ccccc1)c1ccccc1. The fraction of sp³-hybridized carbons (Fsp3) is 0.171. The molecule has 6 rings (SSSR count). The van der Waals surface area contributed by atoms with Gasteiger partial charge in [-0.3, -0.25) is 14.9 Å². The molecule has 0 amide bonds. The third kappa shape index (κ3) is 5.55. The van der Waals surface area contributed by atoms with Crippen molar-refractivity contribution in [2.45, 2.75) is 31.8 Å². The van der Waals surface area contributed by atoms with Gasteiger partial charge in [-0.05, 0) is 70.5 Å². The van der Waals surface area contributed by atoms with Crippen LogP contribution in [0.15, 0.2) is 138 Å². The van der Waals surface area contributed by atoms with Crippen LogP contribution in [0.4, 0.5) is 0 Å². The lowest BCUT2D eigenvalue weighted by Gasteiger charge is -2.39. The second-order valence-corrected chi connectivity index (χ2v) is 11.8. The molecule has 0 spiro atoms. The van der Waals surface area contributed by atoms with Crippen LogP contribution in [-0.4, -0.2) is 23.7 Å². The highest BCUT2D eigenvalue weighted by atomic mass is 16.5. The molecule has 0 aliphatic rings. The third-order valence-corrected chi connectivity index (χ3v) is 9.07. The minimum Gasteiger partial charge on any atom is -0.468 e. The van der Waals surface area contributed by atoms with Gasteiger partial charge in [0.05, 0.1) is 18.2 Å². The number of rotatable bonds is 9. The maximum absolute atomic E-state index is 13.7. The predicted octanol–water partition coefficient (Wildman–Crippen LogP) is 7.49. The van der Waals surface area contributed by atoms with Gasteiger partial charge in [-0.2, -0.15) is 0 Å². The summed E-state index contributed by atoms with van der Waals surface area (Å²) in [6, 6.07) is 44.2. The van der Waals surface area contributed by atoms with Crippen LogP contribution in [0.25, 0.3) is 21.9 Å². The largest absolute Gasteiger partial charge is 0.468 e. The van der Waals surface area contributed by atoms with E-state index >= 15 is 0 Å². The van der Waals surface area contributed by atoms with Crippen molar-refractivity contribution in [1.29, 1.82) is 0 Å². The molecule has 5 heteroatoms. The molecular weight excluding hydrogens is 568 g/mol. The number of benzene rings is 5. The molecule has 1 aromatic heterocycles. The van der Waals surface area contributed by atoms with Crippen molar-refractivity contribution in [1.82, 2.24) is 9.88 Å². The van der Waals surface area contributed by atoms with Crippen LogP contribution in [0.5, 0.6) is 0 Å². The molecule has 0 aliphatic heterocycles. The molecule has 0 bridgehead atoms. The highest BCUT2D eigenvalue weighted by Crippen LogP contribution is 2.38. The Balaban J connectivity index is 1.52. The van der Waals surface area contributed by atoms with E-state index in [0.29, 0.717) is 12.0 Å². The van der Waals surface area contributed by atoms with Crippen molar-refractivity contribution < 1.29 is 9.53 Å². The lowest BCUT2D eigenvalue weighted by molar-refractivity contribution is -0.143. The van der Waals surface area contributed by atoms with Crippen molar-refractivity contribution in [2.24, 2.45) is 7.05 Å². The van der Waals surface area contributed by atoms with Gasteiger partial charge in [0.25, 0.3) is 5.56 Å². The van der Waals surface area contributed by atoms with E-state index in [-0.39, 0.29) is 11.5 Å². The van der Waals surface area contributed by atoms with E-state index < -0.39 is 11.6 Å². The van der Waals surface area contributed by atoms with Crippen molar-refractivity contribution in [2.75, 3.05) is 7.11 Å². The Morgan fingerprint density at radius 1 is 0.739 bits per heavy atom. The van der Waals surface area contributed by atoms with Crippen LogP contribution in [0.1, 0.15) is 33.5 Å². The van der Waals surface area contributed by atoms with Gasteiger partial charge in [-0.15, -0.1) is 0 Å². The molecule has 46 heavy (non-hydrogen) atoms. The number of aromatic nitrogens is 1. The highest BCUT2D eigenvalue weighted by molar-refractivity contribution is 5.99. The van der Waals surface area contributed by atoms with Gasteiger partial charge in [-0.1, -0.05) is 127 Å². The van der Waals surface area contributed by atoms with Gasteiger partial charge in [0.15, 0.2) is 0 Å². The molecular formula is C41H38N2O3. The molecule has 0 saturated carbocycles. The van der Waals surface area contributed by atoms with E-state index in [1.165, 1.54) is 7.11 Å². The number of fused-ring (bicyclic) bond motifs is 1. The van der Waals surface area contributed by atoms with Gasteiger partial charge in [0.1, 0.15) is 6.04 Å². The summed E-state index contributed by atoms with van der Waals surface area (Å²) in [5.41, 5.74) is 6.54. The standard InChI is InChI=1S/C41H38N2O3/c1-28-26-29(2)43(3)39(44)38(28)36-25-24-30(34-22-14-15-23-35(34)36)27-37(40(45)46-4)42-41(31-16-8-5-9-17-31,32-18-10-6-11-19-32)33-20-12-7-13-21-33/h5-26,37,42H,27H2,1-4H3/t37-/m0/s1. The van der Waals surface area contributed by atoms with E-state index in [4.69, 9.17) is 4.74 Å². The number of carbonyl (C=O) groups excluding carboxylic acids is 1. The van der Waals surface area contributed by atoms with Crippen LogP contribution >= 0.6 is 0 Å². The van der Waals surface area contributed by atoms with Crippen molar-refractivity contribution >= 4 is 16.7 Å². The van der Waals surface area contributed by atoms with Crippen molar-refractivity contribution in [3.8, 4) is 11.1 Å². The zero-order chi connectivity index (χ0) is 32.3. The minimum absolute atomic E-state index is 0.0251. The van der Waals surface area contributed by atoms with Crippen LogP contribution < -0.4 is 10.9 Å². The summed E-state index contributed by atoms with van der Waals surface area (Å²) in [6.07, 6.45) is 0.368. The summed E-state index contributed by atoms with van der Waals surface area (Å²) < 4.78 is 7.15. The quantitative estimate of drug-likeness (QED) is 0.137. The van der Waals surface area contributed by atoms with Gasteiger partial charge in [0.2, 0.25) is 0 Å². The number of esters is 1. The molecule has 0 saturated heterocycles. The molecule has 0 unspecified atom stereocenters. The van der Waals surface area contributed by atoms with E-state index in [9.17, 15) is 9.59 Å². The molecule has 5 aromatic carbocycles. The Labute approximate surface area is 270 Å². The first kappa shape index (κ1) is 30.8. The van der Waals surface area contributed by atoms with E-state index in [1.54, 1.807) is 4.57 Å². The normalized spacial score (nSPS) is 12.2. The Morgan fingerprint density at radius 3 is 1.76 bits per heavy atom. The van der Waals surface area contributed by atoms with Gasteiger partial charge >= 0.3 is 5.97 Å². The summed E-state index contributed by atoms with van der Waals surface area (Å²) in [4.78, 5) is 27.2. The number of hydrogen-bond donors (Lipinski definition) is 1. The van der Waals surface area contributed by atoms with Gasteiger partial charge in [-0.25, -0.2) is 0 Å². The molecule has 5 nitrogen and oxygen atoms in total. The number of hydrogen-bond acceptors (Lipinski definition) is 4. The first-order valence-electron chi connectivity index (χ1n) is 15.6. The lowest BCUT2D eigenvalue weighted by atomic mass is 9.76. The third-order valence-electron chi connectivity index (χ3n) is 9.07. The average Bonchev–Trinajstić information content (AvgIpc) is 3.10. The Hall–Kier alpha value is -5.26. The minimum atomic E-state index is -0.858. The zero-order valence-corrected chi connectivity index (χ0v) is 26.7. The molecule has 1 N–H and O–H groups in total. The molecule has 0 aliphatic carbocycles. The average molecular weight is 607 g/mol. The fourth-order valence-electron chi connectivity index (χ4n) is 6.70. The summed E-state index contributed by atoms with van der Waals surface area (Å²) >= 11 is 0. The number of pyridine rings is 1. The number of carbonyl (C=O) groups is 1. The number of aryl methyl sites for hydroxylation is 2. The summed E-state index contributed by atoms with van der Waals surface area (Å²) in [7, 11) is 3.24. The summed E-state index contributed by atoms with van der Waals surface area (Å²) in [6.45, 7) is 3.93. The van der Waals surface area contributed by atoms with Crippen LogP contribution in [0.2, 0.25) is 0 Å². The fourth-order valence-corrected chi connectivity index (χ4v) is 6.70. The predicted molar refractivity (Wildman–Crippen MR) is 186 cm³/mol. The maximum atomic E-state index is 13.7. The second-order valence-electron chi connectivity index (χ2n) is 11.8. The Kier molecular flexibility index (Phi) is 8.69. The van der Waals surface area contributed by atoms with E-state index in [2.05, 4.69) is 53.8 Å². The summed E-state index contributed by atoms with van der Waals surface area (Å²) in [5.74, 6) is -0.358. The monoisotopic (exact) mass is 606 g/mol. The molecule has 0 fully saturated rings. The van der Waals surface area contributed by atoms with Crippen LogP contribution in [0.3, 0.4) is 0 Å². The first-order chi connectivity index (χ1) is 22.3. The number of nitrogens with zero attached hydrogens (tertiary/aromatic N) is 1. The zero-order valence-electron chi connectivity index (χ0n) is 26.7. The Morgan fingerprint density at radius 2 is 1.24 bits per heavy atom. The molecule has 1 atom stereocenters. The lowest BCUT2D eigenvalue weighted by Crippen LogP contribution is -2.53. The molecule has 6 aromatic rings. The van der Waals surface area contributed by atoms with E-state index in [0.717, 1.165) is 49.8 Å². The van der Waals surface area contributed by atoms with Gasteiger partial charge < -0.3 is 9.30 Å². The second kappa shape index (κ2) is 13.0. The van der Waals surface area contributed by atoms with Crippen molar-refractivity contribution in [3.63, 3.8) is 0 Å². The topological polar surface area (TPSA) is 60.3 Å². The van der Waals surface area contributed by atoms with Gasteiger partial charge in [0, 0.05) is 12.7 Å². The molecule has 1 heterocycles. The molecule has 230 valence electrons.